The molecule has 0 aliphatic carbocycles. The molecule has 0 unspecified atom stereocenters. The monoisotopic (exact) mass is 385 g/mol. The van der Waals surface area contributed by atoms with Gasteiger partial charge in [-0.15, -0.1) is 0 Å². The van der Waals surface area contributed by atoms with Gasteiger partial charge in [0.1, 0.15) is 11.6 Å². The van der Waals surface area contributed by atoms with Crippen molar-refractivity contribution < 1.29 is 8.78 Å². The van der Waals surface area contributed by atoms with Gasteiger partial charge in [-0.05, 0) is 72.1 Å². The molecule has 0 atom stereocenters. The van der Waals surface area contributed by atoms with Crippen LogP contribution in [0.2, 0.25) is 5.02 Å². The summed E-state index contributed by atoms with van der Waals surface area (Å²) in [5, 5.41) is 2.52. The van der Waals surface area contributed by atoms with Gasteiger partial charge in [0.2, 0.25) is 0 Å². The van der Waals surface area contributed by atoms with Crippen LogP contribution >= 0.6 is 23.4 Å². The third-order valence-electron chi connectivity index (χ3n) is 3.46. The zero-order chi connectivity index (χ0) is 18.4. The quantitative estimate of drug-likeness (QED) is 0.338. The van der Waals surface area contributed by atoms with E-state index in [1.807, 2.05) is 23.6 Å². The summed E-state index contributed by atoms with van der Waals surface area (Å²) in [5.74, 6) is -0.572. The van der Waals surface area contributed by atoms with Crippen molar-refractivity contribution in [3.05, 3.63) is 107 Å². The fourth-order valence-corrected chi connectivity index (χ4v) is 2.94. The molecule has 1 nitrogen and oxygen atoms in total. The topological polar surface area (TPSA) is 12.4 Å². The molecule has 0 fully saturated rings. The highest BCUT2D eigenvalue weighted by atomic mass is 35.5. The highest BCUT2D eigenvalue weighted by molar-refractivity contribution is 8.02. The molecule has 3 aromatic carbocycles. The molecule has 26 heavy (non-hydrogen) atoms. The summed E-state index contributed by atoms with van der Waals surface area (Å²) in [6.07, 6.45) is 1.86. The van der Waals surface area contributed by atoms with Crippen molar-refractivity contribution in [1.29, 1.82) is 0 Å². The van der Waals surface area contributed by atoms with Crippen LogP contribution in [0, 0.1) is 11.6 Å². The molecule has 0 saturated heterocycles. The van der Waals surface area contributed by atoms with Crippen LogP contribution in [-0.2, 0) is 0 Å². The molecule has 0 heterocycles. The van der Waals surface area contributed by atoms with Gasteiger partial charge < -0.3 is 0 Å². The number of aliphatic imine (C=N–C) groups is 1. The maximum atomic E-state index is 13.1. The second kappa shape index (κ2) is 8.79. The largest absolute Gasteiger partial charge is 0.248 e. The Morgan fingerprint density at radius 2 is 1.38 bits per heavy atom. The lowest BCUT2D eigenvalue weighted by Crippen LogP contribution is -1.95. The summed E-state index contributed by atoms with van der Waals surface area (Å²) >= 11 is 7.41. The fourth-order valence-electron chi connectivity index (χ4n) is 2.16. The number of thioether (sulfide) groups is 1. The third-order valence-corrected chi connectivity index (χ3v) is 4.53. The summed E-state index contributed by atoms with van der Waals surface area (Å²) in [6.45, 7) is 0. The number of nitrogens with zero attached hydrogens (tertiary/aromatic N) is 1. The molecule has 0 aromatic heterocycles. The Bertz CT molecular complexity index is 918. The van der Waals surface area contributed by atoms with Gasteiger partial charge in [0.05, 0.1) is 11.4 Å². The molecule has 0 radical (unpaired) electrons. The van der Waals surface area contributed by atoms with Crippen LogP contribution in [-0.4, -0.2) is 5.71 Å². The first-order chi connectivity index (χ1) is 12.6. The molecular weight excluding hydrogens is 372 g/mol. The molecule has 0 saturated carbocycles. The van der Waals surface area contributed by atoms with Gasteiger partial charge in [-0.25, -0.2) is 13.8 Å². The van der Waals surface area contributed by atoms with E-state index < -0.39 is 0 Å². The summed E-state index contributed by atoms with van der Waals surface area (Å²) in [4.78, 5) is 5.51. The van der Waals surface area contributed by atoms with Crippen LogP contribution in [0.4, 0.5) is 14.5 Å². The first-order valence-electron chi connectivity index (χ1n) is 7.79. The van der Waals surface area contributed by atoms with E-state index in [-0.39, 0.29) is 11.6 Å². The molecule has 0 aliphatic heterocycles. The van der Waals surface area contributed by atoms with Gasteiger partial charge >= 0.3 is 0 Å². The standard InChI is InChI=1S/C21H14ClF2NS/c22-16-3-1-15(2-4-16)21(25-19-9-5-17(23)6-10-19)13-14-26-20-11-7-18(24)8-12-20/h1-14H/b14-13+,25-21-. The molecule has 0 amide bonds. The molecule has 3 rings (SSSR count). The fraction of sp³-hybridized carbons (Fsp3) is 0. The van der Waals surface area contributed by atoms with Crippen LogP contribution in [0.25, 0.3) is 0 Å². The predicted octanol–water partition coefficient (Wildman–Crippen LogP) is 7.05. The Morgan fingerprint density at radius 3 is 2.00 bits per heavy atom. The SMILES string of the molecule is Fc1ccc(/N=C(/C=C/Sc2ccc(F)cc2)c2ccc(Cl)cc2)cc1. The van der Waals surface area contributed by atoms with Crippen molar-refractivity contribution >= 4 is 34.8 Å². The Balaban J connectivity index is 1.87. The molecule has 3 aromatic rings. The highest BCUT2D eigenvalue weighted by Crippen LogP contribution is 2.21. The second-order valence-corrected chi connectivity index (χ2v) is 6.77. The van der Waals surface area contributed by atoms with Crippen molar-refractivity contribution in [1.82, 2.24) is 0 Å². The normalized spacial score (nSPS) is 11.9. The first kappa shape index (κ1) is 18.4. The highest BCUT2D eigenvalue weighted by Gasteiger charge is 2.02. The van der Waals surface area contributed by atoms with Gasteiger partial charge in [0, 0.05) is 15.5 Å². The van der Waals surface area contributed by atoms with Crippen molar-refractivity contribution in [3.8, 4) is 0 Å². The molecule has 0 bridgehead atoms. The number of allylic oxidation sites excluding steroid dienone is 1. The van der Waals surface area contributed by atoms with Crippen molar-refractivity contribution in [2.24, 2.45) is 4.99 Å². The smallest absolute Gasteiger partial charge is 0.123 e. The first-order valence-corrected chi connectivity index (χ1v) is 9.05. The van der Waals surface area contributed by atoms with Crippen molar-refractivity contribution in [2.45, 2.75) is 4.90 Å². The van der Waals surface area contributed by atoms with Crippen LogP contribution in [0.15, 0.2) is 94.2 Å². The zero-order valence-corrected chi connectivity index (χ0v) is 15.1. The minimum atomic E-state index is -0.306. The molecular formula is C21H14ClF2NS. The maximum Gasteiger partial charge on any atom is 0.123 e. The third kappa shape index (κ3) is 5.28. The van der Waals surface area contributed by atoms with Gasteiger partial charge in [0.25, 0.3) is 0 Å². The number of halogens is 3. The van der Waals surface area contributed by atoms with E-state index in [4.69, 9.17) is 11.6 Å². The average molecular weight is 386 g/mol. The Labute approximate surface area is 160 Å². The lowest BCUT2D eigenvalue weighted by atomic mass is 10.1. The second-order valence-electron chi connectivity index (χ2n) is 5.35. The van der Waals surface area contributed by atoms with Gasteiger partial charge in [-0.2, -0.15) is 0 Å². The van der Waals surface area contributed by atoms with Crippen LogP contribution in [0.5, 0.6) is 0 Å². The van der Waals surface area contributed by atoms with Crippen LogP contribution < -0.4 is 0 Å². The molecule has 0 N–H and O–H groups in total. The Hall–Kier alpha value is -2.43. The van der Waals surface area contributed by atoms with E-state index in [1.165, 1.54) is 36.0 Å². The number of hydrogen-bond acceptors (Lipinski definition) is 2. The van der Waals surface area contributed by atoms with Gasteiger partial charge in [-0.3, -0.25) is 0 Å². The summed E-state index contributed by atoms with van der Waals surface area (Å²) in [5.41, 5.74) is 2.24. The van der Waals surface area contributed by atoms with E-state index in [0.717, 1.165) is 10.5 Å². The minimum absolute atomic E-state index is 0.266. The van der Waals surface area contributed by atoms with Gasteiger partial charge in [-0.1, -0.05) is 35.5 Å². The Kier molecular flexibility index (Phi) is 6.21. The van der Waals surface area contributed by atoms with Crippen LogP contribution in [0.1, 0.15) is 5.56 Å². The zero-order valence-electron chi connectivity index (χ0n) is 13.6. The van der Waals surface area contributed by atoms with E-state index >= 15 is 0 Å². The summed E-state index contributed by atoms with van der Waals surface area (Å²) in [6, 6.07) is 19.6. The Morgan fingerprint density at radius 1 is 0.808 bits per heavy atom. The number of rotatable bonds is 5. The van der Waals surface area contributed by atoms with Crippen molar-refractivity contribution in [2.75, 3.05) is 0 Å². The van der Waals surface area contributed by atoms with E-state index in [9.17, 15) is 8.78 Å². The minimum Gasteiger partial charge on any atom is -0.248 e. The van der Waals surface area contributed by atoms with Gasteiger partial charge in [0.15, 0.2) is 0 Å². The predicted molar refractivity (Wildman–Crippen MR) is 105 cm³/mol. The van der Waals surface area contributed by atoms with E-state index in [0.29, 0.717) is 16.4 Å². The summed E-state index contributed by atoms with van der Waals surface area (Å²) in [7, 11) is 0. The van der Waals surface area contributed by atoms with Crippen molar-refractivity contribution in [3.63, 3.8) is 0 Å². The lowest BCUT2D eigenvalue weighted by Gasteiger charge is -2.04. The molecule has 0 spiro atoms. The van der Waals surface area contributed by atoms with Crippen LogP contribution in [0.3, 0.4) is 0 Å². The molecule has 0 aliphatic rings. The average Bonchev–Trinajstić information content (AvgIpc) is 2.65. The number of hydrogen-bond donors (Lipinski definition) is 0. The van der Waals surface area contributed by atoms with E-state index in [2.05, 4.69) is 4.99 Å². The molecule has 5 heteroatoms. The number of benzene rings is 3. The van der Waals surface area contributed by atoms with E-state index in [1.54, 1.807) is 36.4 Å². The molecule has 130 valence electrons. The summed E-state index contributed by atoms with van der Waals surface area (Å²) < 4.78 is 26.1. The lowest BCUT2D eigenvalue weighted by molar-refractivity contribution is 0.626. The maximum absolute atomic E-state index is 13.1.